The largest absolute Gasteiger partial charge is 0.352 e. The molecule has 0 aliphatic carbocycles. The minimum atomic E-state index is 1.06. The zero-order valence-electron chi connectivity index (χ0n) is 10.4. The fourth-order valence-electron chi connectivity index (χ4n) is 2.37. The van der Waals surface area contributed by atoms with Gasteiger partial charge in [0, 0.05) is 31.6 Å². The van der Waals surface area contributed by atoms with E-state index in [9.17, 15) is 0 Å². The van der Waals surface area contributed by atoms with E-state index in [4.69, 9.17) is 0 Å². The van der Waals surface area contributed by atoms with Gasteiger partial charge in [0.1, 0.15) is 0 Å². The summed E-state index contributed by atoms with van der Waals surface area (Å²) in [5.41, 5.74) is 2.42. The standard InChI is InChI=1S/C13H18N4/c1-10-3-4-12-11(9-10)13(15-14-12)17-7-5-16(2)6-8-17/h3-4,9H,5-8H2,1-2H3,(H,14,15). The monoisotopic (exact) mass is 230 g/mol. The SMILES string of the molecule is Cc1ccc2[nH]nc(N3CCN(C)CC3)c2c1. The van der Waals surface area contributed by atoms with Gasteiger partial charge in [-0.05, 0) is 26.1 Å². The third kappa shape index (κ3) is 1.89. The lowest BCUT2D eigenvalue weighted by Gasteiger charge is -2.32. The first-order chi connectivity index (χ1) is 8.24. The van der Waals surface area contributed by atoms with Crippen LogP contribution < -0.4 is 4.90 Å². The molecule has 1 aromatic heterocycles. The molecule has 1 fully saturated rings. The van der Waals surface area contributed by atoms with Crippen LogP contribution in [0.1, 0.15) is 5.56 Å². The molecular weight excluding hydrogens is 212 g/mol. The summed E-state index contributed by atoms with van der Waals surface area (Å²) in [5, 5.41) is 8.83. The van der Waals surface area contributed by atoms with Crippen molar-refractivity contribution < 1.29 is 0 Å². The van der Waals surface area contributed by atoms with Crippen LogP contribution in [0, 0.1) is 6.92 Å². The summed E-state index contributed by atoms with van der Waals surface area (Å²) in [7, 11) is 2.17. The van der Waals surface area contributed by atoms with E-state index in [2.05, 4.69) is 52.2 Å². The predicted molar refractivity (Wildman–Crippen MR) is 70.5 cm³/mol. The van der Waals surface area contributed by atoms with E-state index in [1.54, 1.807) is 0 Å². The van der Waals surface area contributed by atoms with Gasteiger partial charge in [0.25, 0.3) is 0 Å². The Bertz CT molecular complexity index is 523. The van der Waals surface area contributed by atoms with Crippen molar-refractivity contribution in [3.05, 3.63) is 23.8 Å². The summed E-state index contributed by atoms with van der Waals surface area (Å²) in [6.07, 6.45) is 0. The van der Waals surface area contributed by atoms with E-state index in [0.717, 1.165) is 37.5 Å². The maximum Gasteiger partial charge on any atom is 0.158 e. The molecule has 17 heavy (non-hydrogen) atoms. The van der Waals surface area contributed by atoms with Crippen molar-refractivity contribution >= 4 is 16.7 Å². The zero-order chi connectivity index (χ0) is 11.8. The van der Waals surface area contributed by atoms with Crippen LogP contribution >= 0.6 is 0 Å². The van der Waals surface area contributed by atoms with Crippen LogP contribution in [0.25, 0.3) is 10.9 Å². The molecule has 0 atom stereocenters. The Morgan fingerprint density at radius 2 is 1.94 bits per heavy atom. The summed E-state index contributed by atoms with van der Waals surface area (Å²) in [4.78, 5) is 4.73. The van der Waals surface area contributed by atoms with Crippen LogP contribution in [0.2, 0.25) is 0 Å². The number of likely N-dealkylation sites (N-methyl/N-ethyl adjacent to an activating group) is 1. The maximum atomic E-state index is 4.47. The van der Waals surface area contributed by atoms with Crippen LogP contribution in [0.15, 0.2) is 18.2 Å². The van der Waals surface area contributed by atoms with Gasteiger partial charge in [-0.1, -0.05) is 11.6 Å². The van der Waals surface area contributed by atoms with Crippen LogP contribution in [0.4, 0.5) is 5.82 Å². The lowest BCUT2D eigenvalue weighted by molar-refractivity contribution is 0.312. The Kier molecular flexibility index (Phi) is 2.52. The molecule has 0 saturated carbocycles. The second kappa shape index (κ2) is 4.04. The minimum absolute atomic E-state index is 1.06. The van der Waals surface area contributed by atoms with Gasteiger partial charge in [-0.2, -0.15) is 5.10 Å². The second-order valence-corrected chi connectivity index (χ2v) is 4.89. The number of nitrogens with one attached hydrogen (secondary N) is 1. The Hall–Kier alpha value is -1.55. The van der Waals surface area contributed by atoms with Gasteiger partial charge in [-0.15, -0.1) is 0 Å². The van der Waals surface area contributed by atoms with Crippen LogP contribution in [0.5, 0.6) is 0 Å². The van der Waals surface area contributed by atoms with Gasteiger partial charge in [-0.25, -0.2) is 0 Å². The Balaban J connectivity index is 1.97. The Morgan fingerprint density at radius 3 is 2.71 bits per heavy atom. The van der Waals surface area contributed by atoms with Crippen molar-refractivity contribution in [3.8, 4) is 0 Å². The van der Waals surface area contributed by atoms with Crippen LogP contribution in [0.3, 0.4) is 0 Å². The molecule has 0 radical (unpaired) electrons. The van der Waals surface area contributed by atoms with Gasteiger partial charge in [0.05, 0.1) is 5.52 Å². The molecular formula is C13H18N4. The highest BCUT2D eigenvalue weighted by molar-refractivity contribution is 5.90. The number of aromatic amines is 1. The molecule has 0 spiro atoms. The van der Waals surface area contributed by atoms with E-state index in [-0.39, 0.29) is 0 Å². The number of hydrogen-bond donors (Lipinski definition) is 1. The topological polar surface area (TPSA) is 35.2 Å². The zero-order valence-corrected chi connectivity index (χ0v) is 10.4. The summed E-state index contributed by atoms with van der Waals surface area (Å²) in [5.74, 6) is 1.11. The lowest BCUT2D eigenvalue weighted by atomic mass is 10.1. The first-order valence-corrected chi connectivity index (χ1v) is 6.12. The summed E-state index contributed by atoms with van der Waals surface area (Å²) in [6.45, 7) is 6.47. The molecule has 1 aromatic carbocycles. The van der Waals surface area contributed by atoms with Crippen molar-refractivity contribution in [1.82, 2.24) is 15.1 Å². The molecule has 1 N–H and O–H groups in total. The average Bonchev–Trinajstić information content (AvgIpc) is 2.73. The summed E-state index contributed by atoms with van der Waals surface area (Å²) >= 11 is 0. The number of aryl methyl sites for hydroxylation is 1. The molecule has 0 bridgehead atoms. The smallest absolute Gasteiger partial charge is 0.158 e. The van der Waals surface area contributed by atoms with E-state index < -0.39 is 0 Å². The molecule has 0 amide bonds. The second-order valence-electron chi connectivity index (χ2n) is 4.89. The molecule has 1 aliphatic rings. The molecule has 4 nitrogen and oxygen atoms in total. The number of nitrogens with zero attached hydrogens (tertiary/aromatic N) is 3. The number of H-pyrrole nitrogens is 1. The number of aromatic nitrogens is 2. The maximum absolute atomic E-state index is 4.47. The Morgan fingerprint density at radius 1 is 1.18 bits per heavy atom. The number of benzene rings is 1. The number of fused-ring (bicyclic) bond motifs is 1. The molecule has 1 saturated heterocycles. The fraction of sp³-hybridized carbons (Fsp3) is 0.462. The Labute approximate surface area is 101 Å². The summed E-state index contributed by atoms with van der Waals surface area (Å²) < 4.78 is 0. The first kappa shape index (κ1) is 10.6. The summed E-state index contributed by atoms with van der Waals surface area (Å²) in [6, 6.07) is 6.44. The molecule has 0 unspecified atom stereocenters. The van der Waals surface area contributed by atoms with Crippen molar-refractivity contribution in [2.45, 2.75) is 6.92 Å². The van der Waals surface area contributed by atoms with Crippen molar-refractivity contribution in [2.75, 3.05) is 38.1 Å². The molecule has 90 valence electrons. The highest BCUT2D eigenvalue weighted by atomic mass is 15.3. The molecule has 1 aliphatic heterocycles. The fourth-order valence-corrected chi connectivity index (χ4v) is 2.37. The van der Waals surface area contributed by atoms with Crippen LogP contribution in [-0.2, 0) is 0 Å². The average molecular weight is 230 g/mol. The molecule has 4 heteroatoms. The van der Waals surface area contributed by atoms with Crippen molar-refractivity contribution in [1.29, 1.82) is 0 Å². The van der Waals surface area contributed by atoms with Gasteiger partial charge in [0.2, 0.25) is 0 Å². The normalized spacial score (nSPS) is 17.9. The molecule has 2 aromatic rings. The number of piperazine rings is 1. The lowest BCUT2D eigenvalue weighted by Crippen LogP contribution is -2.44. The first-order valence-electron chi connectivity index (χ1n) is 6.12. The van der Waals surface area contributed by atoms with Gasteiger partial charge < -0.3 is 9.80 Å². The van der Waals surface area contributed by atoms with Gasteiger partial charge in [-0.3, -0.25) is 5.10 Å². The van der Waals surface area contributed by atoms with E-state index in [1.807, 2.05) is 0 Å². The molecule has 2 heterocycles. The number of hydrogen-bond acceptors (Lipinski definition) is 3. The number of anilines is 1. The van der Waals surface area contributed by atoms with Crippen molar-refractivity contribution in [2.24, 2.45) is 0 Å². The van der Waals surface area contributed by atoms with Gasteiger partial charge in [0.15, 0.2) is 5.82 Å². The van der Waals surface area contributed by atoms with Gasteiger partial charge >= 0.3 is 0 Å². The highest BCUT2D eigenvalue weighted by Crippen LogP contribution is 2.25. The van der Waals surface area contributed by atoms with E-state index >= 15 is 0 Å². The number of rotatable bonds is 1. The van der Waals surface area contributed by atoms with E-state index in [0.29, 0.717) is 0 Å². The quantitative estimate of drug-likeness (QED) is 0.808. The third-order valence-corrected chi connectivity index (χ3v) is 3.50. The predicted octanol–water partition coefficient (Wildman–Crippen LogP) is 1.62. The minimum Gasteiger partial charge on any atom is -0.352 e. The third-order valence-electron chi connectivity index (χ3n) is 3.50. The van der Waals surface area contributed by atoms with Crippen molar-refractivity contribution in [3.63, 3.8) is 0 Å². The molecule has 3 rings (SSSR count). The highest BCUT2D eigenvalue weighted by Gasteiger charge is 2.18. The van der Waals surface area contributed by atoms with Crippen LogP contribution in [-0.4, -0.2) is 48.3 Å². The van der Waals surface area contributed by atoms with E-state index in [1.165, 1.54) is 10.9 Å².